The number of nitrogens with zero attached hydrogens (tertiary/aromatic N) is 2. The van der Waals surface area contributed by atoms with Crippen molar-refractivity contribution in [2.45, 2.75) is 31.9 Å². The molecule has 1 aromatic heterocycles. The number of aliphatic hydroxyl groups is 1. The molecule has 94 valence electrons. The van der Waals surface area contributed by atoms with Crippen molar-refractivity contribution in [3.8, 4) is 0 Å². The maximum atomic E-state index is 12.1. The van der Waals surface area contributed by atoms with E-state index in [0.717, 1.165) is 12.8 Å². The van der Waals surface area contributed by atoms with Gasteiger partial charge in [0.05, 0.1) is 6.10 Å². The second-order valence-electron chi connectivity index (χ2n) is 4.93. The van der Waals surface area contributed by atoms with E-state index in [1.807, 2.05) is 36.0 Å². The standard InChI is InChI=1S/C13H20N2O2/c1-10(15-7-3-4-8-15)13(17)14(2)9-12(16)11-5-6-11/h3-4,7-8,10-12,16H,5-6,9H2,1-2H3. The van der Waals surface area contributed by atoms with Crippen molar-refractivity contribution in [3.05, 3.63) is 24.5 Å². The lowest BCUT2D eigenvalue weighted by Crippen LogP contribution is -2.38. The van der Waals surface area contributed by atoms with Gasteiger partial charge >= 0.3 is 0 Å². The molecule has 1 heterocycles. The molecule has 4 nitrogen and oxygen atoms in total. The maximum absolute atomic E-state index is 12.1. The van der Waals surface area contributed by atoms with Crippen molar-refractivity contribution in [2.75, 3.05) is 13.6 Å². The Kier molecular flexibility index (Phi) is 3.52. The fraction of sp³-hybridized carbons (Fsp3) is 0.615. The molecular weight excluding hydrogens is 216 g/mol. The van der Waals surface area contributed by atoms with Crippen molar-refractivity contribution < 1.29 is 9.90 Å². The van der Waals surface area contributed by atoms with Crippen LogP contribution < -0.4 is 0 Å². The lowest BCUT2D eigenvalue weighted by molar-refractivity contribution is -0.134. The molecule has 1 amide bonds. The number of carbonyl (C=O) groups is 1. The highest BCUT2D eigenvalue weighted by molar-refractivity contribution is 5.79. The largest absolute Gasteiger partial charge is 0.391 e. The minimum Gasteiger partial charge on any atom is -0.391 e. The first-order valence-electron chi connectivity index (χ1n) is 6.15. The van der Waals surface area contributed by atoms with Crippen molar-refractivity contribution in [3.63, 3.8) is 0 Å². The number of aliphatic hydroxyl groups excluding tert-OH is 1. The third kappa shape index (κ3) is 2.88. The third-order valence-electron chi connectivity index (χ3n) is 3.44. The van der Waals surface area contributed by atoms with E-state index in [0.29, 0.717) is 12.5 Å². The minimum absolute atomic E-state index is 0.0425. The summed E-state index contributed by atoms with van der Waals surface area (Å²) in [5.74, 6) is 0.452. The molecule has 17 heavy (non-hydrogen) atoms. The first-order chi connectivity index (χ1) is 8.09. The van der Waals surface area contributed by atoms with E-state index in [4.69, 9.17) is 0 Å². The molecule has 0 bridgehead atoms. The van der Waals surface area contributed by atoms with Crippen molar-refractivity contribution in [2.24, 2.45) is 5.92 Å². The van der Waals surface area contributed by atoms with Gasteiger partial charge in [-0.2, -0.15) is 0 Å². The van der Waals surface area contributed by atoms with Gasteiger partial charge in [-0.15, -0.1) is 0 Å². The molecule has 1 aliphatic carbocycles. The molecule has 1 saturated carbocycles. The van der Waals surface area contributed by atoms with E-state index in [2.05, 4.69) is 0 Å². The predicted octanol–water partition coefficient (Wildman–Crippen LogP) is 1.28. The Morgan fingerprint density at radius 1 is 1.47 bits per heavy atom. The highest BCUT2D eigenvalue weighted by atomic mass is 16.3. The molecule has 0 spiro atoms. The first kappa shape index (κ1) is 12.2. The van der Waals surface area contributed by atoms with E-state index in [9.17, 15) is 9.90 Å². The Morgan fingerprint density at radius 3 is 2.59 bits per heavy atom. The number of likely N-dealkylation sites (N-methyl/N-ethyl adjacent to an activating group) is 1. The fourth-order valence-electron chi connectivity index (χ4n) is 2.05. The predicted molar refractivity (Wildman–Crippen MR) is 65.5 cm³/mol. The summed E-state index contributed by atoms with van der Waals surface area (Å²) in [5.41, 5.74) is 0. The second kappa shape index (κ2) is 4.92. The number of aromatic nitrogens is 1. The summed E-state index contributed by atoms with van der Waals surface area (Å²) >= 11 is 0. The van der Waals surface area contributed by atoms with Gasteiger partial charge in [0.2, 0.25) is 5.91 Å². The highest BCUT2D eigenvalue weighted by Gasteiger charge is 2.31. The fourth-order valence-corrected chi connectivity index (χ4v) is 2.05. The molecule has 1 fully saturated rings. The Bertz CT molecular complexity index is 371. The van der Waals surface area contributed by atoms with E-state index in [-0.39, 0.29) is 18.1 Å². The molecule has 1 aliphatic rings. The van der Waals surface area contributed by atoms with Gasteiger partial charge in [0.25, 0.3) is 0 Å². The summed E-state index contributed by atoms with van der Waals surface area (Å²) in [6, 6.07) is 3.60. The van der Waals surface area contributed by atoms with Crippen LogP contribution in [0.4, 0.5) is 0 Å². The number of carbonyl (C=O) groups excluding carboxylic acids is 1. The van der Waals surface area contributed by atoms with E-state index < -0.39 is 0 Å². The van der Waals surface area contributed by atoms with E-state index in [1.165, 1.54) is 0 Å². The van der Waals surface area contributed by atoms with Crippen LogP contribution >= 0.6 is 0 Å². The van der Waals surface area contributed by atoms with Gasteiger partial charge in [0.15, 0.2) is 0 Å². The zero-order chi connectivity index (χ0) is 12.4. The topological polar surface area (TPSA) is 45.5 Å². The van der Waals surface area contributed by atoms with Crippen molar-refractivity contribution in [1.29, 1.82) is 0 Å². The van der Waals surface area contributed by atoms with Gasteiger partial charge < -0.3 is 14.6 Å². The molecule has 0 saturated heterocycles. The molecule has 4 heteroatoms. The number of amides is 1. The second-order valence-corrected chi connectivity index (χ2v) is 4.93. The highest BCUT2D eigenvalue weighted by Crippen LogP contribution is 2.32. The summed E-state index contributed by atoms with van der Waals surface area (Å²) < 4.78 is 1.88. The van der Waals surface area contributed by atoms with Gasteiger partial charge in [-0.25, -0.2) is 0 Å². The molecule has 1 N–H and O–H groups in total. The van der Waals surface area contributed by atoms with Crippen LogP contribution in [0, 0.1) is 5.92 Å². The van der Waals surface area contributed by atoms with Gasteiger partial charge in [0, 0.05) is 26.0 Å². The van der Waals surface area contributed by atoms with Gasteiger partial charge in [-0.1, -0.05) is 0 Å². The monoisotopic (exact) mass is 236 g/mol. The molecule has 0 aliphatic heterocycles. The molecule has 0 radical (unpaired) electrons. The van der Waals surface area contributed by atoms with Crippen molar-refractivity contribution in [1.82, 2.24) is 9.47 Å². The SMILES string of the molecule is CC(C(=O)N(C)CC(O)C1CC1)n1cccc1. The van der Waals surface area contributed by atoms with Crippen LogP contribution in [-0.4, -0.2) is 40.2 Å². The zero-order valence-electron chi connectivity index (χ0n) is 10.4. The lowest BCUT2D eigenvalue weighted by atomic mass is 10.2. The molecule has 2 atom stereocenters. The molecule has 2 unspecified atom stereocenters. The quantitative estimate of drug-likeness (QED) is 0.837. The molecule has 1 aromatic rings. The summed E-state index contributed by atoms with van der Waals surface area (Å²) in [7, 11) is 1.76. The first-order valence-corrected chi connectivity index (χ1v) is 6.15. The van der Waals surface area contributed by atoms with Gasteiger partial charge in [0.1, 0.15) is 6.04 Å². The summed E-state index contributed by atoms with van der Waals surface area (Å²) in [5, 5.41) is 9.82. The van der Waals surface area contributed by atoms with Gasteiger partial charge in [-0.05, 0) is 37.8 Å². The normalized spacial score (nSPS) is 18.8. The average Bonchev–Trinajstić information content (AvgIpc) is 3.03. The van der Waals surface area contributed by atoms with Crippen LogP contribution in [0.25, 0.3) is 0 Å². The third-order valence-corrected chi connectivity index (χ3v) is 3.44. The Morgan fingerprint density at radius 2 is 2.06 bits per heavy atom. The number of rotatable bonds is 5. The summed E-state index contributed by atoms with van der Waals surface area (Å²) in [6.07, 6.45) is 5.59. The molecule has 2 rings (SSSR count). The maximum Gasteiger partial charge on any atom is 0.245 e. The van der Waals surface area contributed by atoms with Gasteiger partial charge in [-0.3, -0.25) is 4.79 Å². The van der Waals surface area contributed by atoms with Crippen LogP contribution in [0.2, 0.25) is 0 Å². The zero-order valence-corrected chi connectivity index (χ0v) is 10.4. The van der Waals surface area contributed by atoms with Crippen LogP contribution in [0.1, 0.15) is 25.8 Å². The smallest absolute Gasteiger partial charge is 0.245 e. The summed E-state index contributed by atoms with van der Waals surface area (Å²) in [4.78, 5) is 13.7. The summed E-state index contributed by atoms with van der Waals surface area (Å²) in [6.45, 7) is 2.32. The average molecular weight is 236 g/mol. The number of hydrogen-bond acceptors (Lipinski definition) is 2. The van der Waals surface area contributed by atoms with E-state index >= 15 is 0 Å². The molecular formula is C13H20N2O2. The lowest BCUT2D eigenvalue weighted by Gasteiger charge is -2.24. The molecule has 0 aromatic carbocycles. The Balaban J connectivity index is 1.89. The minimum atomic E-state index is -0.360. The van der Waals surface area contributed by atoms with E-state index in [1.54, 1.807) is 11.9 Å². The van der Waals surface area contributed by atoms with Crippen molar-refractivity contribution >= 4 is 5.91 Å². The van der Waals surface area contributed by atoms with Crippen LogP contribution in [0.15, 0.2) is 24.5 Å². The van der Waals surface area contributed by atoms with Crippen LogP contribution in [-0.2, 0) is 4.79 Å². The number of hydrogen-bond donors (Lipinski definition) is 1. The Labute approximate surface area is 102 Å². The van der Waals surface area contributed by atoms with Crippen LogP contribution in [0.5, 0.6) is 0 Å². The Hall–Kier alpha value is -1.29. The van der Waals surface area contributed by atoms with Crippen LogP contribution in [0.3, 0.4) is 0 Å².